The second kappa shape index (κ2) is 7.19. The Hall–Kier alpha value is -2.19. The summed E-state index contributed by atoms with van der Waals surface area (Å²) >= 11 is 0. The van der Waals surface area contributed by atoms with E-state index < -0.39 is 4.92 Å². The van der Waals surface area contributed by atoms with Crippen LogP contribution in [0.25, 0.3) is 0 Å². The zero-order valence-electron chi connectivity index (χ0n) is 12.6. The molecule has 0 radical (unpaired) electrons. The van der Waals surface area contributed by atoms with Crippen molar-refractivity contribution in [3.8, 4) is 5.75 Å². The first-order valence-electron chi connectivity index (χ1n) is 6.94. The summed E-state index contributed by atoms with van der Waals surface area (Å²) in [5, 5.41) is 13.7. The number of morpholine rings is 1. The molecule has 0 saturated carbocycles. The Morgan fingerprint density at radius 1 is 1.45 bits per heavy atom. The summed E-state index contributed by atoms with van der Waals surface area (Å²) in [6.07, 6.45) is 0. The molecule has 1 aromatic rings. The maximum absolute atomic E-state index is 12.1. The molecule has 0 spiro atoms. The number of hydrogen-bond donors (Lipinski definition) is 1. The van der Waals surface area contributed by atoms with Gasteiger partial charge in [-0.15, -0.1) is 0 Å². The molecule has 0 atom stereocenters. The second-order valence-corrected chi connectivity index (χ2v) is 5.03. The molecule has 1 aromatic carbocycles. The van der Waals surface area contributed by atoms with Crippen molar-refractivity contribution in [1.29, 1.82) is 0 Å². The number of benzene rings is 1. The highest BCUT2D eigenvalue weighted by molar-refractivity contribution is 5.93. The molecule has 1 amide bonds. The predicted molar refractivity (Wildman–Crippen MR) is 80.3 cm³/mol. The first-order chi connectivity index (χ1) is 10.5. The average Bonchev–Trinajstić information content (AvgIpc) is 2.49. The van der Waals surface area contributed by atoms with Gasteiger partial charge in [0.25, 0.3) is 0 Å². The molecule has 8 heteroatoms. The van der Waals surface area contributed by atoms with E-state index in [1.165, 1.54) is 19.2 Å². The van der Waals surface area contributed by atoms with Crippen LogP contribution in [-0.2, 0) is 9.53 Å². The maximum Gasteiger partial charge on any atom is 0.311 e. The Morgan fingerprint density at radius 3 is 2.73 bits per heavy atom. The van der Waals surface area contributed by atoms with E-state index >= 15 is 0 Å². The van der Waals surface area contributed by atoms with E-state index in [-0.39, 0.29) is 23.9 Å². The van der Waals surface area contributed by atoms with E-state index in [1.807, 2.05) is 4.90 Å². The second-order valence-electron chi connectivity index (χ2n) is 5.03. The van der Waals surface area contributed by atoms with E-state index in [0.717, 1.165) is 13.1 Å². The molecule has 1 aliphatic rings. The zero-order valence-corrected chi connectivity index (χ0v) is 12.6. The van der Waals surface area contributed by atoms with Gasteiger partial charge in [0.2, 0.25) is 5.91 Å². The minimum absolute atomic E-state index is 0.119. The standard InChI is InChI=1S/C14H19N3O5/c1-10-7-12(17(19)20)13(21-2)8-11(10)15-14(18)9-16-3-5-22-6-4-16/h7-8H,3-6,9H2,1-2H3,(H,15,18). The summed E-state index contributed by atoms with van der Waals surface area (Å²) in [6.45, 7) is 4.65. The molecule has 1 N–H and O–H groups in total. The SMILES string of the molecule is COc1cc(NC(=O)CN2CCOCC2)c(C)cc1[N+](=O)[O-]. The number of hydrogen-bond acceptors (Lipinski definition) is 6. The van der Waals surface area contributed by atoms with Crippen molar-refractivity contribution in [2.75, 3.05) is 45.3 Å². The molecule has 120 valence electrons. The minimum Gasteiger partial charge on any atom is -0.490 e. The van der Waals surface area contributed by atoms with Crippen LogP contribution in [0.3, 0.4) is 0 Å². The molecule has 0 aromatic heterocycles. The Bertz CT molecular complexity index is 570. The molecule has 0 aliphatic carbocycles. The summed E-state index contributed by atoms with van der Waals surface area (Å²) in [4.78, 5) is 24.5. The quantitative estimate of drug-likeness (QED) is 0.648. The van der Waals surface area contributed by atoms with E-state index in [4.69, 9.17) is 9.47 Å². The molecule has 1 saturated heterocycles. The van der Waals surface area contributed by atoms with Gasteiger partial charge in [0, 0.05) is 30.9 Å². The van der Waals surface area contributed by atoms with Gasteiger partial charge >= 0.3 is 5.69 Å². The van der Waals surface area contributed by atoms with Gasteiger partial charge in [-0.05, 0) is 12.5 Å². The van der Waals surface area contributed by atoms with Gasteiger partial charge in [0.1, 0.15) is 0 Å². The van der Waals surface area contributed by atoms with E-state index in [2.05, 4.69) is 5.32 Å². The number of aryl methyl sites for hydroxylation is 1. The molecule has 0 bridgehead atoms. The smallest absolute Gasteiger partial charge is 0.311 e. The van der Waals surface area contributed by atoms with Crippen molar-refractivity contribution >= 4 is 17.3 Å². The highest BCUT2D eigenvalue weighted by atomic mass is 16.6. The van der Waals surface area contributed by atoms with E-state index in [0.29, 0.717) is 24.5 Å². The lowest BCUT2D eigenvalue weighted by Crippen LogP contribution is -2.41. The topological polar surface area (TPSA) is 93.9 Å². The zero-order chi connectivity index (χ0) is 16.1. The first-order valence-corrected chi connectivity index (χ1v) is 6.94. The predicted octanol–water partition coefficient (Wildman–Crippen LogP) is 1.18. The van der Waals surface area contributed by atoms with Crippen molar-refractivity contribution in [2.45, 2.75) is 6.92 Å². The third-order valence-electron chi connectivity index (χ3n) is 3.47. The van der Waals surface area contributed by atoms with Crippen LogP contribution in [0.4, 0.5) is 11.4 Å². The van der Waals surface area contributed by atoms with Crippen molar-refractivity contribution < 1.29 is 19.2 Å². The van der Waals surface area contributed by atoms with Gasteiger partial charge in [-0.25, -0.2) is 0 Å². The van der Waals surface area contributed by atoms with Crippen molar-refractivity contribution in [3.63, 3.8) is 0 Å². The first kappa shape index (κ1) is 16.2. The molecule has 1 aliphatic heterocycles. The lowest BCUT2D eigenvalue weighted by molar-refractivity contribution is -0.385. The molecular weight excluding hydrogens is 290 g/mol. The third kappa shape index (κ3) is 3.92. The number of ether oxygens (including phenoxy) is 2. The van der Waals surface area contributed by atoms with Crippen molar-refractivity contribution in [1.82, 2.24) is 4.90 Å². The van der Waals surface area contributed by atoms with Gasteiger partial charge in [0.15, 0.2) is 5.75 Å². The molecule has 22 heavy (non-hydrogen) atoms. The van der Waals surface area contributed by atoms with Crippen LogP contribution in [0.15, 0.2) is 12.1 Å². The number of nitro benzene ring substituents is 1. The summed E-state index contributed by atoms with van der Waals surface area (Å²) in [5.41, 5.74) is 1.01. The molecule has 1 heterocycles. The van der Waals surface area contributed by atoms with E-state index in [9.17, 15) is 14.9 Å². The van der Waals surface area contributed by atoms with Crippen LogP contribution in [0.1, 0.15) is 5.56 Å². The highest BCUT2D eigenvalue weighted by Gasteiger charge is 2.19. The van der Waals surface area contributed by atoms with Gasteiger partial charge in [-0.3, -0.25) is 19.8 Å². The lowest BCUT2D eigenvalue weighted by atomic mass is 10.1. The number of nitrogens with zero attached hydrogens (tertiary/aromatic N) is 2. The number of anilines is 1. The number of nitrogens with one attached hydrogen (secondary N) is 1. The van der Waals surface area contributed by atoms with Crippen LogP contribution in [-0.4, -0.2) is 55.7 Å². The number of carbonyl (C=O) groups is 1. The summed E-state index contributed by atoms with van der Waals surface area (Å²) < 4.78 is 10.2. The molecule has 2 rings (SSSR count). The van der Waals surface area contributed by atoms with Crippen LogP contribution in [0.5, 0.6) is 5.75 Å². The fourth-order valence-electron chi connectivity index (χ4n) is 2.27. The number of carbonyl (C=O) groups excluding carboxylic acids is 1. The number of amides is 1. The number of rotatable bonds is 5. The van der Waals surface area contributed by atoms with Crippen LogP contribution >= 0.6 is 0 Å². The average molecular weight is 309 g/mol. The van der Waals surface area contributed by atoms with Crippen molar-refractivity contribution in [3.05, 3.63) is 27.8 Å². The van der Waals surface area contributed by atoms with Crippen molar-refractivity contribution in [2.24, 2.45) is 0 Å². The van der Waals surface area contributed by atoms with E-state index in [1.54, 1.807) is 6.92 Å². The highest BCUT2D eigenvalue weighted by Crippen LogP contribution is 2.32. The summed E-state index contributed by atoms with van der Waals surface area (Å²) in [5.74, 6) is -0.0434. The number of nitro groups is 1. The Morgan fingerprint density at radius 2 is 2.14 bits per heavy atom. The monoisotopic (exact) mass is 309 g/mol. The lowest BCUT2D eigenvalue weighted by Gasteiger charge is -2.25. The summed E-state index contributed by atoms with van der Waals surface area (Å²) in [6, 6.07) is 2.87. The fourth-order valence-corrected chi connectivity index (χ4v) is 2.27. The number of methoxy groups -OCH3 is 1. The van der Waals surface area contributed by atoms with Crippen LogP contribution in [0.2, 0.25) is 0 Å². The molecule has 0 unspecified atom stereocenters. The third-order valence-corrected chi connectivity index (χ3v) is 3.47. The Balaban J connectivity index is 2.08. The Labute approximate surface area is 128 Å². The molecule has 8 nitrogen and oxygen atoms in total. The van der Waals surface area contributed by atoms with Gasteiger partial charge in [0.05, 0.1) is 31.8 Å². The fraction of sp³-hybridized carbons (Fsp3) is 0.500. The summed E-state index contributed by atoms with van der Waals surface area (Å²) in [7, 11) is 1.36. The maximum atomic E-state index is 12.1. The molecular formula is C14H19N3O5. The van der Waals surface area contributed by atoms with Gasteiger partial charge in [-0.2, -0.15) is 0 Å². The normalized spacial score (nSPS) is 15.4. The molecule has 1 fully saturated rings. The van der Waals surface area contributed by atoms with Gasteiger partial charge < -0.3 is 14.8 Å². The van der Waals surface area contributed by atoms with Crippen LogP contribution < -0.4 is 10.1 Å². The Kier molecular flexibility index (Phi) is 5.29. The minimum atomic E-state index is -0.509. The van der Waals surface area contributed by atoms with Gasteiger partial charge in [-0.1, -0.05) is 0 Å². The van der Waals surface area contributed by atoms with Crippen LogP contribution in [0, 0.1) is 17.0 Å². The largest absolute Gasteiger partial charge is 0.490 e.